The van der Waals surface area contributed by atoms with Crippen molar-refractivity contribution in [2.24, 2.45) is 0 Å². The first-order valence-electron chi connectivity index (χ1n) is 12.0. The molecule has 35 heavy (non-hydrogen) atoms. The van der Waals surface area contributed by atoms with Crippen LogP contribution >= 0.6 is 0 Å². The molecule has 0 amide bonds. The Morgan fingerprint density at radius 1 is 0.829 bits per heavy atom. The van der Waals surface area contributed by atoms with Gasteiger partial charge in [0.2, 0.25) is 0 Å². The molecule has 0 atom stereocenters. The van der Waals surface area contributed by atoms with Crippen LogP contribution in [0.4, 0.5) is 0 Å². The summed E-state index contributed by atoms with van der Waals surface area (Å²) < 4.78 is 6.17. The zero-order chi connectivity index (χ0) is 23.4. The van der Waals surface area contributed by atoms with Gasteiger partial charge in [-0.15, -0.1) is 22.2 Å². The molecule has 0 saturated carbocycles. The van der Waals surface area contributed by atoms with Crippen molar-refractivity contribution in [2.75, 3.05) is 0 Å². The molecule has 0 N–H and O–H groups in total. The molecule has 6 rings (SSSR count). The van der Waals surface area contributed by atoms with Gasteiger partial charge in [-0.2, -0.15) is 24.3 Å². The summed E-state index contributed by atoms with van der Waals surface area (Å²) in [4.78, 5) is 10.0. The van der Waals surface area contributed by atoms with E-state index in [9.17, 15) is 0 Å². The number of furan rings is 1. The minimum atomic E-state index is 0. The normalized spacial score (nSPS) is 12.5. The minimum absolute atomic E-state index is 0. The van der Waals surface area contributed by atoms with Crippen LogP contribution in [0.3, 0.4) is 0 Å². The molecule has 0 saturated heterocycles. The van der Waals surface area contributed by atoms with E-state index in [0.717, 1.165) is 52.0 Å². The van der Waals surface area contributed by atoms with Crippen molar-refractivity contribution in [1.29, 1.82) is 0 Å². The predicted molar refractivity (Wildman–Crippen MR) is 140 cm³/mol. The smallest absolute Gasteiger partial charge is 0.657 e. The molecule has 1 aliphatic carbocycles. The third kappa shape index (κ3) is 3.92. The second kappa shape index (κ2) is 9.13. The molecule has 3 aromatic heterocycles. The molecule has 0 unspecified atom stereocenters. The van der Waals surface area contributed by atoms with Crippen LogP contribution in [0, 0.1) is 13.0 Å². The Bertz CT molecular complexity index is 1650. The van der Waals surface area contributed by atoms with E-state index < -0.39 is 0 Å². The number of allylic oxidation sites excluding steroid dienone is 2. The predicted octanol–water partition coefficient (Wildman–Crippen LogP) is 8.16. The summed E-state index contributed by atoms with van der Waals surface area (Å²) in [6, 6.07) is 24.3. The number of aromatic nitrogens is 2. The summed E-state index contributed by atoms with van der Waals surface area (Å²) in [5, 5.41) is 0. The topological polar surface area (TPSA) is 40.1 Å². The van der Waals surface area contributed by atoms with Crippen LogP contribution in [0.5, 0.6) is 0 Å². The van der Waals surface area contributed by atoms with Crippen molar-refractivity contribution in [3.05, 3.63) is 89.2 Å². The van der Waals surface area contributed by atoms with E-state index >= 15 is 0 Å². The monoisotopic (exact) mass is 637 g/mol. The first kappa shape index (κ1) is 23.6. The number of fused-ring (bicyclic) bond motifs is 11. The average Bonchev–Trinajstić information content (AvgIpc) is 3.56. The summed E-state index contributed by atoms with van der Waals surface area (Å²) in [5.74, 6) is 0. The van der Waals surface area contributed by atoms with Crippen molar-refractivity contribution >= 4 is 33.3 Å². The minimum Gasteiger partial charge on any atom is -0.657 e. The first-order chi connectivity index (χ1) is 16.6. The third-order valence-electron chi connectivity index (χ3n) is 7.07. The summed E-state index contributed by atoms with van der Waals surface area (Å²) in [6.07, 6.45) is 1.85. The van der Waals surface area contributed by atoms with Gasteiger partial charge in [0, 0.05) is 6.07 Å². The van der Waals surface area contributed by atoms with Crippen molar-refractivity contribution < 1.29 is 25.5 Å². The molecule has 4 heterocycles. The van der Waals surface area contributed by atoms with E-state index in [2.05, 4.69) is 76.2 Å². The van der Waals surface area contributed by atoms with Crippen molar-refractivity contribution in [2.45, 2.75) is 40.5 Å². The van der Waals surface area contributed by atoms with Crippen LogP contribution in [0.2, 0.25) is 0 Å². The molecule has 8 bridgehead atoms. The van der Waals surface area contributed by atoms with E-state index in [4.69, 9.17) is 14.4 Å². The number of aryl methyl sites for hydroxylation is 2. The second-order valence-electron chi connectivity index (χ2n) is 9.02. The van der Waals surface area contributed by atoms with E-state index in [1.807, 2.05) is 18.2 Å². The second-order valence-corrected chi connectivity index (χ2v) is 9.02. The van der Waals surface area contributed by atoms with Crippen LogP contribution in [0.15, 0.2) is 65.1 Å². The van der Waals surface area contributed by atoms with Gasteiger partial charge < -0.3 is 9.40 Å². The van der Waals surface area contributed by atoms with Gasteiger partial charge in [0.05, 0.1) is 11.4 Å². The van der Waals surface area contributed by atoms with E-state index in [0.29, 0.717) is 0 Å². The Kier molecular flexibility index (Phi) is 6.15. The Morgan fingerprint density at radius 2 is 1.60 bits per heavy atom. The fourth-order valence-electron chi connectivity index (χ4n) is 5.24. The van der Waals surface area contributed by atoms with Crippen LogP contribution in [0.25, 0.3) is 55.6 Å². The van der Waals surface area contributed by atoms with Crippen molar-refractivity contribution in [3.63, 3.8) is 0 Å². The number of benzene rings is 1. The van der Waals surface area contributed by atoms with Gasteiger partial charge in [0.1, 0.15) is 11.2 Å². The van der Waals surface area contributed by atoms with Gasteiger partial charge in [-0.25, -0.2) is 4.98 Å². The van der Waals surface area contributed by atoms with Gasteiger partial charge in [-0.3, -0.25) is 0 Å². The maximum absolute atomic E-state index is 6.17. The summed E-state index contributed by atoms with van der Waals surface area (Å²) in [7, 11) is 0. The van der Waals surface area contributed by atoms with E-state index in [1.54, 1.807) is 0 Å². The zero-order valence-corrected chi connectivity index (χ0v) is 22.6. The van der Waals surface area contributed by atoms with Gasteiger partial charge >= 0.3 is 21.1 Å². The van der Waals surface area contributed by atoms with Gasteiger partial charge in [0.25, 0.3) is 0 Å². The Balaban J connectivity index is 0.00000253. The number of hydrogen-bond donors (Lipinski definition) is 0. The van der Waals surface area contributed by atoms with Crippen LogP contribution in [0.1, 0.15) is 49.7 Å². The fraction of sp³-hybridized carbons (Fsp3) is 0.194. The SMILES string of the molecule is CCC1=C(C)c2cc3cc(cc4[n-]c(cc5ccc(cc1n2)o5)c(CC)c4C)-c1cc[c-]cc1-3.[Pt+2]. The summed E-state index contributed by atoms with van der Waals surface area (Å²) >= 11 is 0. The number of nitrogens with zero attached hydrogens (tertiary/aromatic N) is 2. The molecule has 4 heteroatoms. The molecule has 2 aliphatic rings. The van der Waals surface area contributed by atoms with Crippen molar-refractivity contribution in [3.8, 4) is 22.3 Å². The Hall–Kier alpha value is -3.16. The number of rotatable bonds is 2. The standard InChI is InChI=1S/C31H26N2O.Pt/c1-5-24-18(3)28-14-20-13-21(27-10-8-7-9-26(20)27)15-29-19(4)25(6-2)31(33-29)17-23-12-11-22(34-23)16-30(24)32-28;/h7,9-17H,5-6H2,1-4H3;/q-2;+2. The molecule has 4 aromatic rings. The molecule has 0 radical (unpaired) electrons. The molecule has 3 nitrogen and oxygen atoms in total. The molecule has 1 aliphatic heterocycles. The molecule has 176 valence electrons. The quantitative estimate of drug-likeness (QED) is 0.184. The zero-order valence-electron chi connectivity index (χ0n) is 20.3. The average molecular weight is 638 g/mol. The van der Waals surface area contributed by atoms with E-state index in [-0.39, 0.29) is 21.1 Å². The molecule has 0 spiro atoms. The fourth-order valence-corrected chi connectivity index (χ4v) is 5.24. The molecular weight excluding hydrogens is 611 g/mol. The van der Waals surface area contributed by atoms with Gasteiger partial charge in [-0.05, 0) is 67.7 Å². The molecule has 0 fully saturated rings. The summed E-state index contributed by atoms with van der Waals surface area (Å²) in [6.45, 7) is 8.70. The molecule has 1 aromatic carbocycles. The summed E-state index contributed by atoms with van der Waals surface area (Å²) in [5.41, 5.74) is 15.3. The van der Waals surface area contributed by atoms with Gasteiger partial charge in [0.15, 0.2) is 0 Å². The van der Waals surface area contributed by atoms with Gasteiger partial charge in [-0.1, -0.05) is 42.7 Å². The Morgan fingerprint density at radius 3 is 2.37 bits per heavy atom. The maximum Gasteiger partial charge on any atom is 2.00 e. The van der Waals surface area contributed by atoms with Crippen molar-refractivity contribution in [1.82, 2.24) is 9.97 Å². The van der Waals surface area contributed by atoms with Crippen LogP contribution < -0.4 is 4.98 Å². The van der Waals surface area contributed by atoms with Crippen LogP contribution in [-0.2, 0) is 27.5 Å². The van der Waals surface area contributed by atoms with Crippen LogP contribution in [-0.4, -0.2) is 4.98 Å². The largest absolute Gasteiger partial charge is 2.00 e. The number of hydrogen-bond acceptors (Lipinski definition) is 2. The Labute approximate surface area is 220 Å². The van der Waals surface area contributed by atoms with E-state index in [1.165, 1.54) is 39.0 Å². The third-order valence-corrected chi connectivity index (χ3v) is 7.07. The molecular formula is C31H26N2OPt. The first-order valence-corrected chi connectivity index (χ1v) is 12.0. The maximum atomic E-state index is 6.17.